The second kappa shape index (κ2) is 8.02. The Balaban J connectivity index is 1.60. The second-order valence-electron chi connectivity index (χ2n) is 7.29. The molecule has 4 rings (SSSR count). The van der Waals surface area contributed by atoms with Crippen LogP contribution in [0.3, 0.4) is 0 Å². The number of carboxylic acids is 1. The monoisotopic (exact) mass is 407 g/mol. The third-order valence-electron chi connectivity index (χ3n) is 5.28. The van der Waals surface area contributed by atoms with E-state index in [1.54, 1.807) is 25.1 Å². The Morgan fingerprint density at radius 3 is 2.67 bits per heavy atom. The quantitative estimate of drug-likeness (QED) is 0.652. The number of fused-ring (bicyclic) bond motifs is 1. The number of carbonyl (C=O) groups is 2. The van der Waals surface area contributed by atoms with E-state index in [1.807, 2.05) is 30.3 Å². The molecule has 2 heterocycles. The van der Waals surface area contributed by atoms with Crippen LogP contribution in [0.1, 0.15) is 19.8 Å². The maximum Gasteiger partial charge on any atom is 0.336 e. The summed E-state index contributed by atoms with van der Waals surface area (Å²) < 4.78 is 11.1. The average molecular weight is 407 g/mol. The van der Waals surface area contributed by atoms with E-state index in [0.29, 0.717) is 30.7 Å². The van der Waals surface area contributed by atoms with E-state index in [4.69, 9.17) is 9.15 Å². The number of benzene rings is 2. The van der Waals surface area contributed by atoms with E-state index in [2.05, 4.69) is 0 Å². The van der Waals surface area contributed by atoms with E-state index < -0.39 is 23.7 Å². The number of rotatable bonds is 5. The molecule has 1 N–H and O–H groups in total. The lowest BCUT2D eigenvalue weighted by molar-refractivity contribution is -0.150. The van der Waals surface area contributed by atoms with Crippen molar-refractivity contribution in [2.45, 2.75) is 31.9 Å². The Hall–Kier alpha value is -3.61. The minimum absolute atomic E-state index is 0.350. The first-order valence-electron chi connectivity index (χ1n) is 9.77. The number of hydrogen-bond donors (Lipinski definition) is 1. The minimum Gasteiger partial charge on any atom is -0.481 e. The van der Waals surface area contributed by atoms with E-state index >= 15 is 0 Å². The molecule has 1 saturated heterocycles. The van der Waals surface area contributed by atoms with Crippen molar-refractivity contribution in [3.8, 4) is 16.9 Å². The lowest BCUT2D eigenvalue weighted by Crippen LogP contribution is -2.46. The van der Waals surface area contributed by atoms with Crippen LogP contribution in [0.15, 0.2) is 63.8 Å². The Kier molecular flexibility index (Phi) is 5.27. The van der Waals surface area contributed by atoms with Gasteiger partial charge in [-0.2, -0.15) is 0 Å². The highest BCUT2D eigenvalue weighted by Gasteiger charge is 2.36. The highest BCUT2D eigenvalue weighted by molar-refractivity contribution is 5.94. The van der Waals surface area contributed by atoms with Crippen LogP contribution in [0, 0.1) is 0 Å². The molecule has 0 bridgehead atoms. The van der Waals surface area contributed by atoms with Crippen LogP contribution in [0.25, 0.3) is 22.1 Å². The molecular formula is C23H21NO6. The standard InChI is InChI=1S/C23H21NO6/c1-14(22(26)24-11-5-8-19(24)23(27)28)29-16-9-10-17-18(15-6-3-2-4-7-15)13-21(25)30-20(17)12-16/h2-4,6-7,9-10,12-14,19H,5,8,11H2,1H3,(H,27,28)/t14-,19-/m1/s1. The fourth-order valence-electron chi connectivity index (χ4n) is 3.85. The molecule has 1 aromatic heterocycles. The van der Waals surface area contributed by atoms with E-state index in [1.165, 1.54) is 11.0 Å². The van der Waals surface area contributed by atoms with Gasteiger partial charge in [0.2, 0.25) is 0 Å². The number of aliphatic carboxylic acids is 1. The van der Waals surface area contributed by atoms with Gasteiger partial charge in [0, 0.05) is 24.1 Å². The van der Waals surface area contributed by atoms with Gasteiger partial charge in [-0.15, -0.1) is 0 Å². The molecule has 1 fully saturated rings. The first-order chi connectivity index (χ1) is 14.4. The normalized spacial score (nSPS) is 17.1. The Labute approximate surface area is 172 Å². The number of hydrogen-bond acceptors (Lipinski definition) is 5. The van der Waals surface area contributed by atoms with Crippen LogP contribution >= 0.6 is 0 Å². The lowest BCUT2D eigenvalue weighted by Gasteiger charge is -2.25. The van der Waals surface area contributed by atoms with Gasteiger partial charge < -0.3 is 19.2 Å². The summed E-state index contributed by atoms with van der Waals surface area (Å²) in [5.41, 5.74) is 1.51. The van der Waals surface area contributed by atoms with Crippen LogP contribution in [0.4, 0.5) is 0 Å². The van der Waals surface area contributed by atoms with E-state index in [9.17, 15) is 19.5 Å². The maximum atomic E-state index is 12.7. The third-order valence-corrected chi connectivity index (χ3v) is 5.28. The molecule has 1 aliphatic rings. The molecule has 0 saturated carbocycles. The van der Waals surface area contributed by atoms with Crippen molar-refractivity contribution >= 4 is 22.8 Å². The van der Waals surface area contributed by atoms with Crippen LogP contribution in [-0.4, -0.2) is 40.6 Å². The summed E-state index contributed by atoms with van der Waals surface area (Å²) in [5.74, 6) is -1.02. The van der Waals surface area contributed by atoms with Gasteiger partial charge in [-0.25, -0.2) is 9.59 Å². The molecule has 0 radical (unpaired) electrons. The molecular weight excluding hydrogens is 386 g/mol. The van der Waals surface area contributed by atoms with Gasteiger partial charge in [0.05, 0.1) is 0 Å². The van der Waals surface area contributed by atoms with Crippen LogP contribution in [0.5, 0.6) is 5.75 Å². The van der Waals surface area contributed by atoms with Crippen molar-refractivity contribution < 1.29 is 23.8 Å². The Morgan fingerprint density at radius 1 is 1.17 bits per heavy atom. The topological polar surface area (TPSA) is 97.0 Å². The molecule has 0 spiro atoms. The van der Waals surface area contributed by atoms with Gasteiger partial charge >= 0.3 is 11.6 Å². The van der Waals surface area contributed by atoms with Gasteiger partial charge in [-0.3, -0.25) is 4.79 Å². The van der Waals surface area contributed by atoms with Crippen molar-refractivity contribution in [3.05, 3.63) is 65.0 Å². The van der Waals surface area contributed by atoms with Gasteiger partial charge in [0.25, 0.3) is 5.91 Å². The molecule has 7 nitrogen and oxygen atoms in total. The molecule has 2 atom stereocenters. The number of likely N-dealkylation sites (tertiary alicyclic amines) is 1. The largest absolute Gasteiger partial charge is 0.481 e. The molecule has 2 aromatic carbocycles. The smallest absolute Gasteiger partial charge is 0.336 e. The summed E-state index contributed by atoms with van der Waals surface area (Å²) in [5, 5.41) is 10.0. The van der Waals surface area contributed by atoms with Crippen molar-refractivity contribution in [3.63, 3.8) is 0 Å². The Bertz CT molecular complexity index is 1150. The number of nitrogens with zero attached hydrogens (tertiary/aromatic N) is 1. The van der Waals surface area contributed by atoms with Gasteiger partial charge in [-0.1, -0.05) is 30.3 Å². The van der Waals surface area contributed by atoms with Crippen molar-refractivity contribution in [2.75, 3.05) is 6.54 Å². The van der Waals surface area contributed by atoms with Crippen LogP contribution in [-0.2, 0) is 9.59 Å². The summed E-state index contributed by atoms with van der Waals surface area (Å²) in [6.07, 6.45) is 0.224. The van der Waals surface area contributed by atoms with E-state index in [0.717, 1.165) is 16.5 Å². The summed E-state index contributed by atoms with van der Waals surface area (Å²) in [4.78, 5) is 37.5. The van der Waals surface area contributed by atoms with Crippen LogP contribution < -0.4 is 10.4 Å². The van der Waals surface area contributed by atoms with Crippen molar-refractivity contribution in [2.24, 2.45) is 0 Å². The highest BCUT2D eigenvalue weighted by Crippen LogP contribution is 2.30. The van der Waals surface area contributed by atoms with Gasteiger partial charge in [-0.05, 0) is 43.0 Å². The molecule has 30 heavy (non-hydrogen) atoms. The second-order valence-corrected chi connectivity index (χ2v) is 7.29. The number of amides is 1. The number of carboxylic acid groups (broad SMARTS) is 1. The van der Waals surface area contributed by atoms with Crippen molar-refractivity contribution in [1.82, 2.24) is 4.90 Å². The Morgan fingerprint density at radius 2 is 1.93 bits per heavy atom. The summed E-state index contributed by atoms with van der Waals surface area (Å²) >= 11 is 0. The van der Waals surface area contributed by atoms with Gasteiger partial charge in [0.1, 0.15) is 17.4 Å². The first kappa shape index (κ1) is 19.7. The van der Waals surface area contributed by atoms with E-state index in [-0.39, 0.29) is 5.91 Å². The zero-order valence-electron chi connectivity index (χ0n) is 16.4. The van der Waals surface area contributed by atoms with Gasteiger partial charge in [0.15, 0.2) is 6.10 Å². The number of ether oxygens (including phenoxy) is 1. The maximum absolute atomic E-state index is 12.7. The molecule has 154 valence electrons. The third kappa shape index (κ3) is 3.78. The zero-order valence-corrected chi connectivity index (χ0v) is 16.4. The molecule has 1 aliphatic heterocycles. The zero-order chi connectivity index (χ0) is 21.3. The fourth-order valence-corrected chi connectivity index (χ4v) is 3.85. The molecule has 0 unspecified atom stereocenters. The average Bonchev–Trinajstić information content (AvgIpc) is 3.23. The molecule has 3 aromatic rings. The van der Waals surface area contributed by atoms with Crippen LogP contribution in [0.2, 0.25) is 0 Å². The summed E-state index contributed by atoms with van der Waals surface area (Å²) in [7, 11) is 0. The SMILES string of the molecule is C[C@@H](Oc1ccc2c(-c3ccccc3)cc(=O)oc2c1)C(=O)N1CCC[C@@H]1C(=O)O. The molecule has 1 amide bonds. The highest BCUT2D eigenvalue weighted by atomic mass is 16.5. The van der Waals surface area contributed by atoms with Crippen molar-refractivity contribution in [1.29, 1.82) is 0 Å². The summed E-state index contributed by atoms with van der Waals surface area (Å²) in [6.45, 7) is 1.98. The first-order valence-corrected chi connectivity index (χ1v) is 9.77. The molecule has 0 aliphatic carbocycles. The predicted molar refractivity (Wildman–Crippen MR) is 110 cm³/mol. The fraction of sp³-hybridized carbons (Fsp3) is 0.261. The number of carbonyl (C=O) groups excluding carboxylic acids is 1. The molecule has 7 heteroatoms. The lowest BCUT2D eigenvalue weighted by atomic mass is 10.0. The summed E-state index contributed by atoms with van der Waals surface area (Å²) in [6, 6.07) is 15.2. The minimum atomic E-state index is -1.01. The predicted octanol–water partition coefficient (Wildman–Crippen LogP) is 3.30.